The number of anilines is 1. The fraction of sp³-hybridized carbons (Fsp3) is 0.389. The quantitative estimate of drug-likeness (QED) is 0.873. The van der Waals surface area contributed by atoms with E-state index in [9.17, 15) is 4.79 Å². The van der Waals surface area contributed by atoms with E-state index >= 15 is 0 Å². The third kappa shape index (κ3) is 2.28. The summed E-state index contributed by atoms with van der Waals surface area (Å²) in [6.45, 7) is 4.86. The first-order chi connectivity index (χ1) is 10.6. The molecule has 112 valence electrons. The van der Waals surface area contributed by atoms with Crippen LogP contribution in [-0.2, 0) is 11.2 Å². The molecular formula is C18H19N3O. The molecule has 1 aliphatic carbocycles. The van der Waals surface area contributed by atoms with Crippen LogP contribution in [0, 0.1) is 19.8 Å². The first kappa shape index (κ1) is 13.4. The average molecular weight is 293 g/mol. The van der Waals surface area contributed by atoms with Crippen LogP contribution in [0.1, 0.15) is 29.7 Å². The van der Waals surface area contributed by atoms with Gasteiger partial charge in [-0.15, -0.1) is 0 Å². The lowest BCUT2D eigenvalue weighted by Gasteiger charge is -2.17. The summed E-state index contributed by atoms with van der Waals surface area (Å²) in [5.74, 6) is 2.38. The summed E-state index contributed by atoms with van der Waals surface area (Å²) in [7, 11) is 0. The molecule has 2 aliphatic rings. The van der Waals surface area contributed by atoms with Crippen LogP contribution in [0.4, 0.5) is 5.82 Å². The Morgan fingerprint density at radius 3 is 2.55 bits per heavy atom. The lowest BCUT2D eigenvalue weighted by atomic mass is 10.1. The Morgan fingerprint density at radius 1 is 1.14 bits per heavy atom. The summed E-state index contributed by atoms with van der Waals surface area (Å²) in [6, 6.07) is 8.21. The molecule has 4 nitrogen and oxygen atoms in total. The first-order valence-electron chi connectivity index (χ1n) is 7.87. The van der Waals surface area contributed by atoms with E-state index in [-0.39, 0.29) is 5.91 Å². The highest BCUT2D eigenvalue weighted by Crippen LogP contribution is 2.36. The van der Waals surface area contributed by atoms with Gasteiger partial charge in [0.05, 0.1) is 6.42 Å². The lowest BCUT2D eigenvalue weighted by molar-refractivity contribution is -0.117. The van der Waals surface area contributed by atoms with Crippen molar-refractivity contribution in [3.63, 3.8) is 0 Å². The van der Waals surface area contributed by atoms with E-state index < -0.39 is 0 Å². The molecule has 0 atom stereocenters. The topological polar surface area (TPSA) is 46.1 Å². The van der Waals surface area contributed by atoms with Gasteiger partial charge in [0.25, 0.3) is 0 Å². The number of amides is 1. The van der Waals surface area contributed by atoms with Crippen molar-refractivity contribution in [2.45, 2.75) is 33.1 Å². The molecule has 4 rings (SSSR count). The summed E-state index contributed by atoms with van der Waals surface area (Å²) in [5, 5.41) is 0. The van der Waals surface area contributed by atoms with Gasteiger partial charge in [0.15, 0.2) is 5.82 Å². The smallest absolute Gasteiger partial charge is 0.232 e. The minimum atomic E-state index is 0.167. The summed E-state index contributed by atoms with van der Waals surface area (Å²) in [6.07, 6.45) is 2.91. The zero-order valence-electron chi connectivity index (χ0n) is 13.0. The van der Waals surface area contributed by atoms with E-state index in [0.29, 0.717) is 18.2 Å². The van der Waals surface area contributed by atoms with Crippen LogP contribution < -0.4 is 4.90 Å². The zero-order valence-corrected chi connectivity index (χ0v) is 13.0. The average Bonchev–Trinajstić information content (AvgIpc) is 3.26. The van der Waals surface area contributed by atoms with Gasteiger partial charge in [0.2, 0.25) is 5.91 Å². The number of benzene rings is 1. The van der Waals surface area contributed by atoms with Crippen molar-refractivity contribution >= 4 is 11.7 Å². The number of carbonyl (C=O) groups excluding carboxylic acids is 1. The van der Waals surface area contributed by atoms with E-state index in [0.717, 1.165) is 29.2 Å². The van der Waals surface area contributed by atoms with Crippen LogP contribution >= 0.6 is 0 Å². The van der Waals surface area contributed by atoms with Crippen molar-refractivity contribution in [2.24, 2.45) is 5.92 Å². The number of hydrogen-bond acceptors (Lipinski definition) is 3. The highest BCUT2D eigenvalue weighted by atomic mass is 16.2. The van der Waals surface area contributed by atoms with Crippen LogP contribution in [-0.4, -0.2) is 22.4 Å². The Morgan fingerprint density at radius 2 is 1.86 bits per heavy atom. The van der Waals surface area contributed by atoms with Crippen LogP contribution in [0.15, 0.2) is 24.3 Å². The lowest BCUT2D eigenvalue weighted by Crippen LogP contribution is -2.29. The molecule has 0 saturated heterocycles. The van der Waals surface area contributed by atoms with Gasteiger partial charge in [-0.05, 0) is 32.6 Å². The number of hydrogen-bond donors (Lipinski definition) is 0. The number of carbonyl (C=O) groups is 1. The summed E-state index contributed by atoms with van der Waals surface area (Å²) >= 11 is 0. The molecule has 0 spiro atoms. The molecular weight excluding hydrogens is 274 g/mol. The van der Waals surface area contributed by atoms with Crippen LogP contribution in [0.3, 0.4) is 0 Å². The normalized spacial score (nSPS) is 17.0. The fourth-order valence-corrected chi connectivity index (χ4v) is 2.95. The second kappa shape index (κ2) is 4.90. The summed E-state index contributed by atoms with van der Waals surface area (Å²) in [5.41, 5.74) is 4.14. The highest BCUT2D eigenvalue weighted by molar-refractivity contribution is 6.00. The third-order valence-electron chi connectivity index (χ3n) is 4.52. The standard InChI is InChI=1S/C18H19N3O/c1-11-3-7-14(8-4-11)17-19-12(2)15-9-16(22)21(18(15)20-17)10-13-5-6-13/h3-4,7-8,13H,5-6,9-10H2,1-2H3. The maximum atomic E-state index is 12.3. The molecule has 22 heavy (non-hydrogen) atoms. The molecule has 2 heterocycles. The van der Waals surface area contributed by atoms with Crippen molar-refractivity contribution in [1.82, 2.24) is 9.97 Å². The highest BCUT2D eigenvalue weighted by Gasteiger charge is 2.35. The Kier molecular flexibility index (Phi) is 2.99. The predicted molar refractivity (Wildman–Crippen MR) is 85.7 cm³/mol. The Labute approximate surface area is 130 Å². The van der Waals surface area contributed by atoms with E-state index in [4.69, 9.17) is 4.98 Å². The molecule has 1 fully saturated rings. The van der Waals surface area contributed by atoms with E-state index in [1.54, 1.807) is 0 Å². The van der Waals surface area contributed by atoms with Crippen LogP contribution in [0.2, 0.25) is 0 Å². The van der Waals surface area contributed by atoms with Gasteiger partial charge in [-0.1, -0.05) is 29.8 Å². The van der Waals surface area contributed by atoms with Gasteiger partial charge in [-0.2, -0.15) is 0 Å². The molecule has 0 N–H and O–H groups in total. The van der Waals surface area contributed by atoms with Crippen molar-refractivity contribution in [1.29, 1.82) is 0 Å². The fourth-order valence-electron chi connectivity index (χ4n) is 2.95. The number of fused-ring (bicyclic) bond motifs is 1. The maximum absolute atomic E-state index is 12.3. The van der Waals surface area contributed by atoms with Gasteiger partial charge in [-0.25, -0.2) is 9.97 Å². The zero-order chi connectivity index (χ0) is 15.3. The maximum Gasteiger partial charge on any atom is 0.232 e. The van der Waals surface area contributed by atoms with Crippen molar-refractivity contribution in [3.8, 4) is 11.4 Å². The molecule has 0 radical (unpaired) electrons. The van der Waals surface area contributed by atoms with E-state index in [1.807, 2.05) is 24.0 Å². The minimum Gasteiger partial charge on any atom is -0.296 e. The van der Waals surface area contributed by atoms with Gasteiger partial charge < -0.3 is 0 Å². The summed E-state index contributed by atoms with van der Waals surface area (Å²) < 4.78 is 0. The molecule has 0 bridgehead atoms. The monoisotopic (exact) mass is 293 g/mol. The predicted octanol–water partition coefficient (Wildman–Crippen LogP) is 3.06. The summed E-state index contributed by atoms with van der Waals surface area (Å²) in [4.78, 5) is 23.5. The van der Waals surface area contributed by atoms with Gasteiger partial charge in [0.1, 0.15) is 5.82 Å². The van der Waals surface area contributed by atoms with E-state index in [2.05, 4.69) is 24.0 Å². The molecule has 2 aromatic rings. The molecule has 0 unspecified atom stereocenters. The second-order valence-electron chi connectivity index (χ2n) is 6.43. The van der Waals surface area contributed by atoms with Crippen molar-refractivity contribution in [2.75, 3.05) is 11.4 Å². The number of rotatable bonds is 3. The van der Waals surface area contributed by atoms with Gasteiger partial charge in [-0.3, -0.25) is 9.69 Å². The Hall–Kier alpha value is -2.23. The molecule has 1 amide bonds. The first-order valence-corrected chi connectivity index (χ1v) is 7.87. The third-order valence-corrected chi connectivity index (χ3v) is 4.52. The minimum absolute atomic E-state index is 0.167. The Balaban J connectivity index is 1.77. The molecule has 1 aliphatic heterocycles. The molecule has 1 saturated carbocycles. The largest absolute Gasteiger partial charge is 0.296 e. The van der Waals surface area contributed by atoms with Crippen molar-refractivity contribution < 1.29 is 4.79 Å². The SMILES string of the molecule is Cc1ccc(-c2nc(C)c3c(n2)N(CC2CC2)C(=O)C3)cc1. The number of aryl methyl sites for hydroxylation is 2. The van der Waals surface area contributed by atoms with E-state index in [1.165, 1.54) is 18.4 Å². The number of nitrogens with zero attached hydrogens (tertiary/aromatic N) is 3. The van der Waals surface area contributed by atoms with Crippen LogP contribution in [0.25, 0.3) is 11.4 Å². The second-order valence-corrected chi connectivity index (χ2v) is 6.43. The van der Waals surface area contributed by atoms with Gasteiger partial charge in [0, 0.05) is 23.4 Å². The molecule has 4 heteroatoms. The molecule has 1 aromatic heterocycles. The number of aromatic nitrogens is 2. The Bertz CT molecular complexity index is 748. The molecule has 1 aromatic carbocycles. The van der Waals surface area contributed by atoms with Crippen LogP contribution in [0.5, 0.6) is 0 Å². The van der Waals surface area contributed by atoms with Crippen molar-refractivity contribution in [3.05, 3.63) is 41.1 Å². The van der Waals surface area contributed by atoms with Gasteiger partial charge >= 0.3 is 0 Å².